The van der Waals surface area contributed by atoms with E-state index in [1.54, 1.807) is 0 Å². The number of aromatic nitrogens is 1. The molecule has 3 aliphatic heterocycles. The first-order chi connectivity index (χ1) is 11.7. The van der Waals surface area contributed by atoms with Crippen molar-refractivity contribution in [1.29, 1.82) is 0 Å². The number of hydrogen-bond donors (Lipinski definition) is 0. The highest BCUT2D eigenvalue weighted by Crippen LogP contribution is 2.40. The van der Waals surface area contributed by atoms with Gasteiger partial charge in [0.25, 0.3) is 0 Å². The second-order valence-corrected chi connectivity index (χ2v) is 7.71. The van der Waals surface area contributed by atoms with Gasteiger partial charge in [-0.25, -0.2) is 0 Å². The maximum Gasteiger partial charge on any atom is 0.228 e. The molecule has 2 atom stereocenters. The predicted molar refractivity (Wildman–Crippen MR) is 91.3 cm³/mol. The van der Waals surface area contributed by atoms with Gasteiger partial charge < -0.3 is 9.64 Å². The van der Waals surface area contributed by atoms with Gasteiger partial charge in [-0.1, -0.05) is 6.07 Å². The molecule has 3 aliphatic rings. The van der Waals surface area contributed by atoms with Crippen LogP contribution in [0.5, 0.6) is 0 Å². The van der Waals surface area contributed by atoms with Gasteiger partial charge in [0.2, 0.25) is 5.91 Å². The van der Waals surface area contributed by atoms with Gasteiger partial charge in [-0.3, -0.25) is 14.7 Å². The van der Waals surface area contributed by atoms with E-state index in [1.807, 2.05) is 12.3 Å². The molecule has 3 saturated heterocycles. The molecule has 0 N–H and O–H groups in total. The third-order valence-corrected chi connectivity index (χ3v) is 5.88. The van der Waals surface area contributed by atoms with Crippen molar-refractivity contribution in [2.75, 3.05) is 39.4 Å². The number of rotatable bonds is 3. The molecule has 3 fully saturated rings. The first-order valence-corrected chi connectivity index (χ1v) is 9.23. The van der Waals surface area contributed by atoms with E-state index in [9.17, 15) is 4.79 Å². The smallest absolute Gasteiger partial charge is 0.228 e. The molecule has 0 aliphatic carbocycles. The molecule has 1 aromatic rings. The van der Waals surface area contributed by atoms with Crippen molar-refractivity contribution in [3.05, 3.63) is 30.1 Å². The average molecular weight is 329 g/mol. The summed E-state index contributed by atoms with van der Waals surface area (Å²) in [6, 6.07) is 6.13. The number of ether oxygens (including phenoxy) is 1. The van der Waals surface area contributed by atoms with E-state index in [2.05, 4.69) is 26.9 Å². The van der Waals surface area contributed by atoms with Gasteiger partial charge in [0.1, 0.15) is 0 Å². The van der Waals surface area contributed by atoms with Crippen LogP contribution in [0.3, 0.4) is 0 Å². The van der Waals surface area contributed by atoms with Gasteiger partial charge in [-0.2, -0.15) is 0 Å². The summed E-state index contributed by atoms with van der Waals surface area (Å²) in [5.74, 6) is 0.430. The van der Waals surface area contributed by atoms with Crippen LogP contribution in [0.2, 0.25) is 0 Å². The lowest BCUT2D eigenvalue weighted by Gasteiger charge is -2.40. The third kappa shape index (κ3) is 3.33. The fraction of sp³-hybridized carbons (Fsp3) is 0.684. The maximum atomic E-state index is 12.7. The topological polar surface area (TPSA) is 45.7 Å². The van der Waals surface area contributed by atoms with Gasteiger partial charge in [0.05, 0.1) is 18.2 Å². The molecule has 4 rings (SSSR count). The van der Waals surface area contributed by atoms with E-state index in [-0.39, 0.29) is 5.92 Å². The third-order valence-electron chi connectivity index (χ3n) is 5.88. The SMILES string of the molecule is O=C([C@@H]1CCOC1)N1CC[C@@]2(CCCN(Cc3ccccn3)C2)C1. The molecule has 5 heteroatoms. The molecular weight excluding hydrogens is 302 g/mol. The zero-order valence-corrected chi connectivity index (χ0v) is 14.3. The van der Waals surface area contributed by atoms with Gasteiger partial charge in [0, 0.05) is 44.4 Å². The lowest BCUT2D eigenvalue weighted by atomic mass is 9.79. The summed E-state index contributed by atoms with van der Waals surface area (Å²) in [6.07, 6.45) is 6.38. The van der Waals surface area contributed by atoms with Gasteiger partial charge in [0.15, 0.2) is 0 Å². The fourth-order valence-electron chi connectivity index (χ4n) is 4.61. The van der Waals surface area contributed by atoms with Crippen LogP contribution < -0.4 is 0 Å². The molecule has 0 unspecified atom stereocenters. The molecular formula is C19H27N3O2. The monoisotopic (exact) mass is 329 g/mol. The highest BCUT2D eigenvalue weighted by molar-refractivity contribution is 5.79. The molecule has 0 saturated carbocycles. The number of piperidine rings is 1. The Morgan fingerprint density at radius 3 is 3.04 bits per heavy atom. The van der Waals surface area contributed by atoms with Crippen LogP contribution >= 0.6 is 0 Å². The van der Waals surface area contributed by atoms with Crippen LogP contribution in [0.15, 0.2) is 24.4 Å². The Bertz CT molecular complexity index is 573. The number of pyridine rings is 1. The van der Waals surface area contributed by atoms with Crippen LogP contribution in [0.25, 0.3) is 0 Å². The Balaban J connectivity index is 1.37. The maximum absolute atomic E-state index is 12.7. The molecule has 24 heavy (non-hydrogen) atoms. The molecule has 0 bridgehead atoms. The quantitative estimate of drug-likeness (QED) is 0.850. The highest BCUT2D eigenvalue weighted by Gasteiger charge is 2.44. The number of carbonyl (C=O) groups is 1. The second kappa shape index (κ2) is 6.81. The molecule has 130 valence electrons. The van der Waals surface area contributed by atoms with Crippen LogP contribution in [-0.4, -0.2) is 60.1 Å². The molecule has 1 aromatic heterocycles. The lowest BCUT2D eigenvalue weighted by molar-refractivity contribution is -0.135. The fourth-order valence-corrected chi connectivity index (χ4v) is 4.61. The zero-order valence-electron chi connectivity index (χ0n) is 14.3. The Labute approximate surface area is 144 Å². The van der Waals surface area contributed by atoms with E-state index in [1.165, 1.54) is 12.8 Å². The highest BCUT2D eigenvalue weighted by atomic mass is 16.5. The summed E-state index contributed by atoms with van der Waals surface area (Å²) in [7, 11) is 0. The minimum Gasteiger partial charge on any atom is -0.381 e. The lowest BCUT2D eigenvalue weighted by Crippen LogP contribution is -2.45. The average Bonchev–Trinajstić information content (AvgIpc) is 3.26. The van der Waals surface area contributed by atoms with Crippen LogP contribution in [-0.2, 0) is 16.1 Å². The normalized spacial score (nSPS) is 31.0. The van der Waals surface area contributed by atoms with Crippen LogP contribution in [0, 0.1) is 11.3 Å². The van der Waals surface area contributed by atoms with Crippen LogP contribution in [0.1, 0.15) is 31.4 Å². The molecule has 0 aromatic carbocycles. The number of amides is 1. The predicted octanol–water partition coefficient (Wildman–Crippen LogP) is 1.93. The molecule has 1 spiro atoms. The molecule has 4 heterocycles. The van der Waals surface area contributed by atoms with E-state index in [0.29, 0.717) is 17.9 Å². The van der Waals surface area contributed by atoms with Crippen molar-refractivity contribution < 1.29 is 9.53 Å². The second-order valence-electron chi connectivity index (χ2n) is 7.71. The van der Waals surface area contributed by atoms with Crippen molar-refractivity contribution in [2.45, 2.75) is 32.2 Å². The number of likely N-dealkylation sites (tertiary alicyclic amines) is 2. The van der Waals surface area contributed by atoms with Crippen molar-refractivity contribution >= 4 is 5.91 Å². The first kappa shape index (κ1) is 16.0. The van der Waals surface area contributed by atoms with Crippen molar-refractivity contribution in [3.8, 4) is 0 Å². The van der Waals surface area contributed by atoms with Crippen molar-refractivity contribution in [1.82, 2.24) is 14.8 Å². The minimum absolute atomic E-state index is 0.105. The summed E-state index contributed by atoms with van der Waals surface area (Å²) in [5.41, 5.74) is 1.44. The number of hydrogen-bond acceptors (Lipinski definition) is 4. The summed E-state index contributed by atoms with van der Waals surface area (Å²) in [4.78, 5) is 21.8. The van der Waals surface area contributed by atoms with E-state index >= 15 is 0 Å². The molecule has 1 amide bonds. The number of nitrogens with zero attached hydrogens (tertiary/aromatic N) is 3. The van der Waals surface area contributed by atoms with E-state index < -0.39 is 0 Å². The van der Waals surface area contributed by atoms with Gasteiger partial charge in [-0.05, 0) is 44.4 Å². The van der Waals surface area contributed by atoms with E-state index in [4.69, 9.17) is 4.74 Å². The summed E-state index contributed by atoms with van der Waals surface area (Å²) >= 11 is 0. The van der Waals surface area contributed by atoms with Crippen molar-refractivity contribution in [2.24, 2.45) is 11.3 Å². The van der Waals surface area contributed by atoms with Gasteiger partial charge in [-0.15, -0.1) is 0 Å². The standard InChI is InChI=1S/C19H27N3O2/c23-18(16-5-11-24-13-16)22-10-7-19(15-22)6-3-9-21(14-19)12-17-4-1-2-8-20-17/h1-2,4,8,16H,3,5-7,9-15H2/t16-,19-/m1/s1. The minimum atomic E-state index is 0.105. The Morgan fingerprint density at radius 1 is 1.29 bits per heavy atom. The zero-order chi connectivity index (χ0) is 16.4. The largest absolute Gasteiger partial charge is 0.381 e. The Morgan fingerprint density at radius 2 is 2.25 bits per heavy atom. The summed E-state index contributed by atoms with van der Waals surface area (Å²) in [5, 5.41) is 0. The van der Waals surface area contributed by atoms with Gasteiger partial charge >= 0.3 is 0 Å². The Kier molecular flexibility index (Phi) is 4.55. The Hall–Kier alpha value is -1.46. The molecule has 5 nitrogen and oxygen atoms in total. The summed E-state index contributed by atoms with van der Waals surface area (Å²) in [6.45, 7) is 6.37. The van der Waals surface area contributed by atoms with Crippen LogP contribution in [0.4, 0.5) is 0 Å². The first-order valence-electron chi connectivity index (χ1n) is 9.23. The van der Waals surface area contributed by atoms with E-state index in [0.717, 1.165) is 57.9 Å². The molecule has 0 radical (unpaired) electrons. The number of carbonyl (C=O) groups excluding carboxylic acids is 1. The summed E-state index contributed by atoms with van der Waals surface area (Å²) < 4.78 is 5.40. The van der Waals surface area contributed by atoms with Crippen molar-refractivity contribution in [3.63, 3.8) is 0 Å².